The lowest BCUT2D eigenvalue weighted by Crippen LogP contribution is -2.66. The largest absolute Gasteiger partial charge is 0.491 e. The molecule has 0 aliphatic heterocycles. The van der Waals surface area contributed by atoms with Gasteiger partial charge in [0, 0.05) is 0 Å². The Morgan fingerprint density at radius 1 is 0.611 bits per heavy atom. The molecule has 3 heteroatoms. The molecule has 0 aliphatic rings. The minimum atomic E-state index is -2.51. The molecule has 0 amide bonds. The van der Waals surface area contributed by atoms with Crippen molar-refractivity contribution >= 4 is 18.7 Å². The third kappa shape index (κ3) is 7.82. The van der Waals surface area contributed by atoms with Gasteiger partial charge >= 0.3 is 0 Å². The van der Waals surface area contributed by atoms with Gasteiger partial charge in [-0.05, 0) is 45.9 Å². The van der Waals surface area contributed by atoms with E-state index in [4.69, 9.17) is 9.16 Å². The van der Waals surface area contributed by atoms with E-state index in [-0.39, 0.29) is 5.04 Å². The van der Waals surface area contributed by atoms with E-state index in [9.17, 15) is 0 Å². The van der Waals surface area contributed by atoms with Gasteiger partial charge in [0.05, 0.1) is 6.61 Å². The average molecular weight is 503 g/mol. The van der Waals surface area contributed by atoms with Crippen LogP contribution >= 0.6 is 0 Å². The Balaban J connectivity index is 1.56. The van der Waals surface area contributed by atoms with Crippen LogP contribution in [0.3, 0.4) is 0 Å². The van der Waals surface area contributed by atoms with Gasteiger partial charge in [-0.2, -0.15) is 0 Å². The summed E-state index contributed by atoms with van der Waals surface area (Å²) in [6.07, 6.45) is 10.6. The summed E-state index contributed by atoms with van der Waals surface area (Å²) in [5.41, 5.74) is 1.40. The van der Waals surface area contributed by atoms with E-state index < -0.39 is 8.32 Å². The third-order valence-corrected chi connectivity index (χ3v) is 12.1. The SMILES string of the molecule is CCCCCCCCCc1ccc(OCCO[Si](c2ccccc2)(c2ccccc2)C(C)(C)C)cc1. The minimum Gasteiger partial charge on any atom is -0.491 e. The molecule has 0 aromatic heterocycles. The fourth-order valence-electron chi connectivity index (χ4n) is 5.15. The Kier molecular flexibility index (Phi) is 11.3. The molecule has 2 nitrogen and oxygen atoms in total. The van der Waals surface area contributed by atoms with Crippen LogP contribution in [-0.4, -0.2) is 21.5 Å². The summed E-state index contributed by atoms with van der Waals surface area (Å²) in [5, 5.41) is 2.59. The summed E-state index contributed by atoms with van der Waals surface area (Å²) in [5.74, 6) is 0.921. The number of aryl methyl sites for hydroxylation is 1. The monoisotopic (exact) mass is 502 g/mol. The molecule has 0 atom stereocenters. The molecule has 3 aromatic carbocycles. The Morgan fingerprint density at radius 3 is 1.67 bits per heavy atom. The molecule has 0 fully saturated rings. The number of hydrogen-bond donors (Lipinski definition) is 0. The first-order chi connectivity index (χ1) is 17.5. The minimum absolute atomic E-state index is 0.0205. The van der Waals surface area contributed by atoms with Gasteiger partial charge in [-0.1, -0.05) is 139 Å². The highest BCUT2D eigenvalue weighted by molar-refractivity contribution is 6.99. The molecule has 36 heavy (non-hydrogen) atoms. The first kappa shape index (κ1) is 28.2. The van der Waals surface area contributed by atoms with E-state index in [0.29, 0.717) is 13.2 Å². The maximum Gasteiger partial charge on any atom is 0.261 e. The van der Waals surface area contributed by atoms with E-state index >= 15 is 0 Å². The molecule has 0 bridgehead atoms. The normalized spacial score (nSPS) is 12.0. The van der Waals surface area contributed by atoms with Crippen molar-refractivity contribution in [2.75, 3.05) is 13.2 Å². The van der Waals surface area contributed by atoms with Crippen molar-refractivity contribution in [3.05, 3.63) is 90.5 Å². The molecule has 194 valence electrons. The fraction of sp³-hybridized carbons (Fsp3) is 0.455. The van der Waals surface area contributed by atoms with Gasteiger partial charge in [-0.15, -0.1) is 0 Å². The van der Waals surface area contributed by atoms with Crippen LogP contribution in [0.1, 0.15) is 78.2 Å². The van der Waals surface area contributed by atoms with Crippen LogP contribution in [0.4, 0.5) is 0 Å². The van der Waals surface area contributed by atoms with Gasteiger partial charge in [-0.25, -0.2) is 0 Å². The summed E-state index contributed by atoms with van der Waals surface area (Å²) in [6, 6.07) is 30.2. The zero-order valence-electron chi connectivity index (χ0n) is 23.0. The highest BCUT2D eigenvalue weighted by Gasteiger charge is 2.50. The molecule has 0 aliphatic carbocycles. The van der Waals surface area contributed by atoms with E-state index in [1.165, 1.54) is 60.9 Å². The van der Waals surface area contributed by atoms with Crippen molar-refractivity contribution in [1.29, 1.82) is 0 Å². The van der Waals surface area contributed by atoms with Crippen molar-refractivity contribution in [3.8, 4) is 5.75 Å². The maximum atomic E-state index is 6.93. The van der Waals surface area contributed by atoms with E-state index in [1.54, 1.807) is 0 Å². The van der Waals surface area contributed by atoms with Crippen LogP contribution in [0.5, 0.6) is 5.75 Å². The Hall–Kier alpha value is -2.36. The van der Waals surface area contributed by atoms with Crippen LogP contribution in [0.15, 0.2) is 84.9 Å². The lowest BCUT2D eigenvalue weighted by atomic mass is 10.0. The first-order valence-corrected chi connectivity index (χ1v) is 15.8. The second kappa shape index (κ2) is 14.4. The number of unbranched alkanes of at least 4 members (excludes halogenated alkanes) is 6. The Bertz CT molecular complexity index is 938. The highest BCUT2D eigenvalue weighted by Crippen LogP contribution is 2.36. The quantitative estimate of drug-likeness (QED) is 0.155. The molecule has 3 aromatic rings. The molecular formula is C33H46O2Si. The molecule has 0 radical (unpaired) electrons. The van der Waals surface area contributed by atoms with Crippen molar-refractivity contribution < 1.29 is 9.16 Å². The number of ether oxygens (including phenoxy) is 1. The molecule has 0 saturated heterocycles. The topological polar surface area (TPSA) is 18.5 Å². The van der Waals surface area contributed by atoms with E-state index in [0.717, 1.165) is 12.2 Å². The third-order valence-electron chi connectivity index (χ3n) is 7.08. The van der Waals surface area contributed by atoms with Gasteiger partial charge in [0.15, 0.2) is 0 Å². The van der Waals surface area contributed by atoms with Gasteiger partial charge in [0.1, 0.15) is 12.4 Å². The maximum absolute atomic E-state index is 6.93. The second-order valence-corrected chi connectivity index (χ2v) is 15.2. The van der Waals surface area contributed by atoms with Crippen LogP contribution in [0, 0.1) is 0 Å². The summed E-state index contributed by atoms with van der Waals surface area (Å²) in [7, 11) is -2.51. The molecule has 0 heterocycles. The fourth-order valence-corrected chi connectivity index (χ4v) is 9.70. The molecule has 0 N–H and O–H groups in total. The lowest BCUT2D eigenvalue weighted by Gasteiger charge is -2.43. The van der Waals surface area contributed by atoms with Crippen molar-refractivity contribution in [2.45, 2.75) is 84.1 Å². The zero-order valence-corrected chi connectivity index (χ0v) is 24.0. The van der Waals surface area contributed by atoms with E-state index in [1.807, 2.05) is 0 Å². The van der Waals surface area contributed by atoms with E-state index in [2.05, 4.69) is 113 Å². The Morgan fingerprint density at radius 2 is 1.14 bits per heavy atom. The predicted octanol–water partition coefficient (Wildman–Crippen LogP) is 7.94. The summed E-state index contributed by atoms with van der Waals surface area (Å²) < 4.78 is 13.0. The van der Waals surface area contributed by atoms with Gasteiger partial charge in [0.2, 0.25) is 0 Å². The first-order valence-electron chi connectivity index (χ1n) is 13.9. The molecular weight excluding hydrogens is 456 g/mol. The second-order valence-electron chi connectivity index (χ2n) is 10.9. The number of benzene rings is 3. The van der Waals surface area contributed by atoms with Crippen LogP contribution in [0.2, 0.25) is 5.04 Å². The molecule has 0 spiro atoms. The average Bonchev–Trinajstić information content (AvgIpc) is 2.89. The number of rotatable bonds is 15. The molecule has 3 rings (SSSR count). The molecule has 0 saturated carbocycles. The standard InChI is InChI=1S/C33H46O2Si/c1-5-6-7-8-9-10-13-18-29-23-25-30(26-24-29)34-27-28-35-36(33(2,3)4,31-19-14-11-15-20-31)32-21-16-12-17-22-32/h11-12,14-17,19-26H,5-10,13,18,27-28H2,1-4H3. The van der Waals surface area contributed by atoms with Crippen LogP contribution in [0.25, 0.3) is 0 Å². The van der Waals surface area contributed by atoms with Gasteiger partial charge in [0.25, 0.3) is 8.32 Å². The Labute approximate surface area is 221 Å². The smallest absolute Gasteiger partial charge is 0.261 e. The highest BCUT2D eigenvalue weighted by atomic mass is 28.4. The van der Waals surface area contributed by atoms with Crippen LogP contribution in [-0.2, 0) is 10.8 Å². The van der Waals surface area contributed by atoms with Crippen LogP contribution < -0.4 is 15.1 Å². The van der Waals surface area contributed by atoms with Gasteiger partial charge in [-0.3, -0.25) is 0 Å². The predicted molar refractivity (Wildman–Crippen MR) is 157 cm³/mol. The summed E-state index contributed by atoms with van der Waals surface area (Å²) in [6.45, 7) is 10.3. The van der Waals surface area contributed by atoms with Crippen molar-refractivity contribution in [2.24, 2.45) is 0 Å². The summed E-state index contributed by atoms with van der Waals surface area (Å²) >= 11 is 0. The zero-order chi connectivity index (χ0) is 25.7. The molecule has 0 unspecified atom stereocenters. The number of hydrogen-bond acceptors (Lipinski definition) is 2. The lowest BCUT2D eigenvalue weighted by molar-refractivity contribution is 0.208. The summed E-state index contributed by atoms with van der Waals surface area (Å²) in [4.78, 5) is 0. The van der Waals surface area contributed by atoms with Crippen molar-refractivity contribution in [3.63, 3.8) is 0 Å². The van der Waals surface area contributed by atoms with Gasteiger partial charge < -0.3 is 9.16 Å². The van der Waals surface area contributed by atoms with Crippen molar-refractivity contribution in [1.82, 2.24) is 0 Å².